The van der Waals surface area contributed by atoms with E-state index in [4.69, 9.17) is 9.47 Å². The number of nitrogens with zero attached hydrogens (tertiary/aromatic N) is 1. The van der Waals surface area contributed by atoms with Crippen LogP contribution in [0, 0.1) is 5.92 Å². The summed E-state index contributed by atoms with van der Waals surface area (Å²) in [5, 5.41) is 3.26. The minimum absolute atomic E-state index is 0.0349. The van der Waals surface area contributed by atoms with Crippen LogP contribution in [-0.2, 0) is 23.2 Å². The van der Waals surface area contributed by atoms with Gasteiger partial charge in [-0.15, -0.1) is 0 Å². The molecule has 1 fully saturated rings. The van der Waals surface area contributed by atoms with Gasteiger partial charge in [-0.05, 0) is 60.4 Å². The topological polar surface area (TPSA) is 67.9 Å². The highest BCUT2D eigenvalue weighted by atomic mass is 16.6. The van der Waals surface area contributed by atoms with E-state index >= 15 is 0 Å². The van der Waals surface area contributed by atoms with Crippen molar-refractivity contribution in [1.29, 1.82) is 0 Å². The zero-order valence-electron chi connectivity index (χ0n) is 21.2. The van der Waals surface area contributed by atoms with Gasteiger partial charge in [0.25, 0.3) is 0 Å². The molecule has 188 valence electrons. The Morgan fingerprint density at radius 3 is 2.69 bits per heavy atom. The van der Waals surface area contributed by atoms with Gasteiger partial charge in [-0.3, -0.25) is 0 Å². The first-order valence-corrected chi connectivity index (χ1v) is 12.9. The van der Waals surface area contributed by atoms with Gasteiger partial charge in [0.15, 0.2) is 0 Å². The fourth-order valence-electron chi connectivity index (χ4n) is 5.83. The first-order valence-electron chi connectivity index (χ1n) is 12.9. The summed E-state index contributed by atoms with van der Waals surface area (Å²) in [6.07, 6.45) is 6.58. The lowest BCUT2D eigenvalue weighted by molar-refractivity contribution is 0.110. The van der Waals surface area contributed by atoms with Crippen molar-refractivity contribution in [1.82, 2.24) is 10.2 Å². The summed E-state index contributed by atoms with van der Waals surface area (Å²) in [6.45, 7) is 5.19. The largest absolute Gasteiger partial charge is 0.445 e. The van der Waals surface area contributed by atoms with Crippen LogP contribution in [-0.4, -0.2) is 36.7 Å². The Bertz CT molecular complexity index is 1020. The SMILES string of the molecule is CCCN(C)C(=O)Oc1ccc2c(c1)[C@@]1(C)CCCCC[C@@H](C2)[C@@H]1NC(=O)OCc1ccccc1. The van der Waals surface area contributed by atoms with E-state index in [1.54, 1.807) is 11.9 Å². The first-order chi connectivity index (χ1) is 16.9. The van der Waals surface area contributed by atoms with Crippen molar-refractivity contribution in [2.75, 3.05) is 13.6 Å². The lowest BCUT2D eigenvalue weighted by atomic mass is 9.59. The number of benzene rings is 2. The number of hydrogen-bond donors (Lipinski definition) is 1. The van der Waals surface area contributed by atoms with Crippen molar-refractivity contribution >= 4 is 12.2 Å². The molecular formula is C29H38N2O4. The van der Waals surface area contributed by atoms with Gasteiger partial charge >= 0.3 is 12.2 Å². The van der Waals surface area contributed by atoms with E-state index in [0.29, 0.717) is 18.2 Å². The van der Waals surface area contributed by atoms with Crippen LogP contribution in [0.3, 0.4) is 0 Å². The molecule has 2 bridgehead atoms. The van der Waals surface area contributed by atoms with Crippen LogP contribution < -0.4 is 10.1 Å². The van der Waals surface area contributed by atoms with Crippen LogP contribution in [0.4, 0.5) is 9.59 Å². The average molecular weight is 479 g/mol. The fourth-order valence-corrected chi connectivity index (χ4v) is 5.83. The highest BCUT2D eigenvalue weighted by molar-refractivity contribution is 5.71. The molecule has 2 amide bonds. The summed E-state index contributed by atoms with van der Waals surface area (Å²) in [7, 11) is 1.76. The van der Waals surface area contributed by atoms with Crippen LogP contribution in [0.1, 0.15) is 69.1 Å². The van der Waals surface area contributed by atoms with E-state index in [1.165, 1.54) is 24.0 Å². The zero-order valence-corrected chi connectivity index (χ0v) is 21.2. The Hall–Kier alpha value is -3.02. The number of hydrogen-bond acceptors (Lipinski definition) is 4. The third-order valence-electron chi connectivity index (χ3n) is 7.67. The highest BCUT2D eigenvalue weighted by Crippen LogP contribution is 2.47. The molecule has 2 aromatic carbocycles. The summed E-state index contributed by atoms with van der Waals surface area (Å²) >= 11 is 0. The summed E-state index contributed by atoms with van der Waals surface area (Å²) in [5.41, 5.74) is 3.17. The Morgan fingerprint density at radius 1 is 1.11 bits per heavy atom. The molecule has 0 unspecified atom stereocenters. The molecule has 1 N–H and O–H groups in total. The first kappa shape index (κ1) is 25.1. The van der Waals surface area contributed by atoms with Gasteiger partial charge in [-0.1, -0.05) is 69.5 Å². The molecule has 0 saturated heterocycles. The quantitative estimate of drug-likeness (QED) is 0.535. The van der Waals surface area contributed by atoms with Crippen LogP contribution in [0.2, 0.25) is 0 Å². The number of amides is 2. The molecule has 0 spiro atoms. The number of carbonyl (C=O) groups excluding carboxylic acids is 2. The number of rotatable bonds is 6. The molecule has 4 rings (SSSR count). The molecule has 35 heavy (non-hydrogen) atoms. The molecule has 0 aromatic heterocycles. The van der Waals surface area contributed by atoms with Gasteiger partial charge < -0.3 is 19.7 Å². The molecule has 0 heterocycles. The summed E-state index contributed by atoms with van der Waals surface area (Å²) in [6, 6.07) is 15.7. The fraction of sp³-hybridized carbons (Fsp3) is 0.517. The molecular weight excluding hydrogens is 440 g/mol. The Balaban J connectivity index is 1.56. The zero-order chi connectivity index (χ0) is 24.8. The van der Waals surface area contributed by atoms with Gasteiger partial charge in [0, 0.05) is 25.0 Å². The van der Waals surface area contributed by atoms with E-state index in [2.05, 4.69) is 18.3 Å². The van der Waals surface area contributed by atoms with Crippen LogP contribution in [0.5, 0.6) is 5.75 Å². The van der Waals surface area contributed by atoms with Gasteiger partial charge in [0.05, 0.1) is 0 Å². The molecule has 2 aliphatic rings. The number of nitrogens with one attached hydrogen (secondary N) is 1. The maximum absolute atomic E-state index is 12.9. The lowest BCUT2D eigenvalue weighted by Crippen LogP contribution is -2.57. The highest BCUT2D eigenvalue weighted by Gasteiger charge is 2.46. The Morgan fingerprint density at radius 2 is 1.91 bits per heavy atom. The Labute approximate surface area is 209 Å². The van der Waals surface area contributed by atoms with E-state index in [-0.39, 0.29) is 30.3 Å². The molecule has 1 saturated carbocycles. The normalized spacial score (nSPS) is 23.3. The number of ether oxygens (including phenoxy) is 2. The maximum Gasteiger partial charge on any atom is 0.414 e. The summed E-state index contributed by atoms with van der Waals surface area (Å²) in [5.74, 6) is 0.907. The summed E-state index contributed by atoms with van der Waals surface area (Å²) < 4.78 is 11.3. The lowest BCUT2D eigenvalue weighted by Gasteiger charge is -2.49. The third kappa shape index (κ3) is 5.80. The second-order valence-electron chi connectivity index (χ2n) is 10.3. The molecule has 6 nitrogen and oxygen atoms in total. The van der Waals surface area contributed by atoms with Gasteiger partial charge in [0.2, 0.25) is 0 Å². The van der Waals surface area contributed by atoms with Crippen molar-refractivity contribution in [3.8, 4) is 5.75 Å². The molecule has 3 atom stereocenters. The van der Waals surface area contributed by atoms with Crippen molar-refractivity contribution in [3.05, 3.63) is 65.2 Å². The minimum Gasteiger partial charge on any atom is -0.445 e. The number of alkyl carbamates (subject to hydrolysis) is 1. The van der Waals surface area contributed by atoms with Crippen LogP contribution >= 0.6 is 0 Å². The van der Waals surface area contributed by atoms with E-state index in [9.17, 15) is 9.59 Å². The van der Waals surface area contributed by atoms with E-state index < -0.39 is 0 Å². The predicted octanol–water partition coefficient (Wildman–Crippen LogP) is 6.22. The monoisotopic (exact) mass is 478 g/mol. The van der Waals surface area contributed by atoms with Gasteiger partial charge in [-0.2, -0.15) is 0 Å². The van der Waals surface area contributed by atoms with E-state index in [0.717, 1.165) is 37.7 Å². The van der Waals surface area contributed by atoms with Crippen LogP contribution in [0.15, 0.2) is 48.5 Å². The van der Waals surface area contributed by atoms with Gasteiger partial charge in [0.1, 0.15) is 12.4 Å². The smallest absolute Gasteiger partial charge is 0.414 e. The molecule has 0 aliphatic heterocycles. The molecule has 2 aliphatic carbocycles. The standard InChI is InChI=1S/C29H38N2O4/c1-4-17-31(3)28(33)35-24-15-14-22-18-23-13-9-6-10-16-29(2,25(22)19-24)26(23)30-27(32)34-20-21-11-7-5-8-12-21/h5,7-8,11-12,14-15,19,23,26H,4,6,9-10,13,16-18,20H2,1-3H3,(H,30,32)/t23-,26-,29+/m0/s1. The van der Waals surface area contributed by atoms with Gasteiger partial charge in [-0.25, -0.2) is 9.59 Å². The van der Waals surface area contributed by atoms with Crippen molar-refractivity contribution in [2.45, 2.75) is 76.9 Å². The second kappa shape index (κ2) is 11.1. The predicted molar refractivity (Wildman–Crippen MR) is 137 cm³/mol. The molecule has 2 aromatic rings. The van der Waals surface area contributed by atoms with Crippen molar-refractivity contribution in [3.63, 3.8) is 0 Å². The molecule has 0 radical (unpaired) electrons. The molecule has 6 heteroatoms. The minimum atomic E-state index is -0.372. The van der Waals surface area contributed by atoms with Crippen molar-refractivity contribution in [2.24, 2.45) is 5.92 Å². The number of carbonyl (C=O) groups is 2. The van der Waals surface area contributed by atoms with E-state index in [1.807, 2.05) is 49.4 Å². The second-order valence-corrected chi connectivity index (χ2v) is 10.3. The number of fused-ring (bicyclic) bond motifs is 4. The summed E-state index contributed by atoms with van der Waals surface area (Å²) in [4.78, 5) is 27.0. The van der Waals surface area contributed by atoms with Crippen molar-refractivity contribution < 1.29 is 19.1 Å². The third-order valence-corrected chi connectivity index (χ3v) is 7.67. The van der Waals surface area contributed by atoms with Crippen LogP contribution in [0.25, 0.3) is 0 Å². The average Bonchev–Trinajstić information content (AvgIpc) is 2.85. The Kier molecular flexibility index (Phi) is 7.99. The maximum atomic E-state index is 12.9.